The zero-order chi connectivity index (χ0) is 11.2. The fourth-order valence-corrected chi connectivity index (χ4v) is 2.47. The summed E-state index contributed by atoms with van der Waals surface area (Å²) in [7, 11) is 0. The first-order valence-corrected chi connectivity index (χ1v) is 5.89. The summed E-state index contributed by atoms with van der Waals surface area (Å²) < 4.78 is 16.4. The van der Waals surface area contributed by atoms with Crippen molar-refractivity contribution in [1.82, 2.24) is 0 Å². The third-order valence-electron chi connectivity index (χ3n) is 2.66. The number of rotatable bonds is 0. The molecule has 2 N–H and O–H groups in total. The van der Waals surface area contributed by atoms with Crippen molar-refractivity contribution >= 4 is 16.0 Å². The fraction of sp³-hybridized carbons (Fsp3) is 1.00. The molecule has 0 bridgehead atoms. The molecule has 2 saturated heterocycles. The maximum atomic E-state index is 9.84. The Balaban J connectivity index is 0.00000128. The SMILES string of the molecule is CC1(C)OCC2OC([Se])C(O)C(O)C2O1.[Au]. The van der Waals surface area contributed by atoms with Crippen molar-refractivity contribution in [3.8, 4) is 0 Å². The van der Waals surface area contributed by atoms with Crippen LogP contribution in [0.2, 0.25) is 0 Å². The summed E-state index contributed by atoms with van der Waals surface area (Å²) in [6.07, 6.45) is -2.77. The second kappa shape index (κ2) is 5.36. The van der Waals surface area contributed by atoms with Crippen LogP contribution in [-0.2, 0) is 36.6 Å². The van der Waals surface area contributed by atoms with Gasteiger partial charge in [-0.2, -0.15) is 0 Å². The molecule has 5 atom stereocenters. The van der Waals surface area contributed by atoms with E-state index in [1.54, 1.807) is 13.8 Å². The van der Waals surface area contributed by atoms with E-state index in [2.05, 4.69) is 16.0 Å². The van der Waals surface area contributed by atoms with Crippen LogP contribution in [0.15, 0.2) is 0 Å². The first-order chi connectivity index (χ1) is 6.91. The zero-order valence-electron chi connectivity index (χ0n) is 8.92. The summed E-state index contributed by atoms with van der Waals surface area (Å²) in [6, 6.07) is 0. The Bertz CT molecular complexity index is 250. The van der Waals surface area contributed by atoms with E-state index in [1.807, 2.05) is 0 Å². The molecule has 0 spiro atoms. The normalized spacial score (nSPS) is 46.7. The average Bonchev–Trinajstić information content (AvgIpc) is 2.16. The van der Waals surface area contributed by atoms with Crippen LogP contribution in [0.5, 0.6) is 0 Å². The Labute approximate surface area is 118 Å². The smallest absolute Gasteiger partial charge is 0 e. The summed E-state index contributed by atoms with van der Waals surface area (Å²) in [4.78, 5) is 0. The second-order valence-corrected chi connectivity index (χ2v) is 5.29. The monoisotopic (exact) mass is 480 g/mol. The van der Waals surface area contributed by atoms with Crippen molar-refractivity contribution < 1.29 is 46.8 Å². The molecule has 2 heterocycles. The van der Waals surface area contributed by atoms with E-state index in [1.165, 1.54) is 0 Å². The van der Waals surface area contributed by atoms with Gasteiger partial charge in [-0.15, -0.1) is 0 Å². The van der Waals surface area contributed by atoms with E-state index in [4.69, 9.17) is 14.2 Å². The molecule has 0 aromatic rings. The van der Waals surface area contributed by atoms with Crippen LogP contribution in [0.1, 0.15) is 13.8 Å². The molecule has 5 nitrogen and oxygen atoms in total. The van der Waals surface area contributed by atoms with Gasteiger partial charge in [0.1, 0.15) is 0 Å². The van der Waals surface area contributed by atoms with Gasteiger partial charge < -0.3 is 0 Å². The van der Waals surface area contributed by atoms with Gasteiger partial charge in [0, 0.05) is 22.4 Å². The van der Waals surface area contributed by atoms with Gasteiger partial charge in [0.2, 0.25) is 0 Å². The number of fused-ring (bicyclic) bond motifs is 1. The Hall–Kier alpha value is 1.06. The first kappa shape index (κ1) is 15.1. The van der Waals surface area contributed by atoms with Crippen LogP contribution in [0.25, 0.3) is 0 Å². The molecular weight excluding hydrogens is 464 g/mol. The third-order valence-corrected chi connectivity index (χ3v) is 3.47. The standard InChI is InChI=1S/C9H15O5Se.Au/c1-9(2)12-3-4-7(14-9)5(10)6(11)8(15)13-4;/h4-8,10-11H,3H2,1-2H3;. The van der Waals surface area contributed by atoms with Crippen molar-refractivity contribution in [2.24, 2.45) is 0 Å². The minimum atomic E-state index is -0.958. The van der Waals surface area contributed by atoms with Crippen molar-refractivity contribution in [2.75, 3.05) is 6.61 Å². The predicted molar refractivity (Wildman–Crippen MR) is 51.3 cm³/mol. The molecule has 0 saturated carbocycles. The van der Waals surface area contributed by atoms with Crippen LogP contribution in [0.3, 0.4) is 0 Å². The molecule has 5 unspecified atom stereocenters. The average molecular weight is 479 g/mol. The van der Waals surface area contributed by atoms with Gasteiger partial charge in [-0.1, -0.05) is 0 Å². The minimum Gasteiger partial charge on any atom is 0 e. The van der Waals surface area contributed by atoms with Crippen molar-refractivity contribution in [3.05, 3.63) is 0 Å². The van der Waals surface area contributed by atoms with Gasteiger partial charge >= 0.3 is 96.1 Å². The van der Waals surface area contributed by atoms with Gasteiger partial charge in [0.05, 0.1) is 0 Å². The third kappa shape index (κ3) is 2.90. The van der Waals surface area contributed by atoms with Crippen molar-refractivity contribution in [3.63, 3.8) is 0 Å². The fourth-order valence-electron chi connectivity index (χ4n) is 1.83. The molecule has 2 rings (SSSR count). The van der Waals surface area contributed by atoms with Gasteiger partial charge in [0.15, 0.2) is 0 Å². The number of aliphatic hydroxyl groups is 2. The molecular formula is C9H15AuO5Se. The van der Waals surface area contributed by atoms with Gasteiger partial charge in [0.25, 0.3) is 0 Å². The molecule has 16 heavy (non-hydrogen) atoms. The summed E-state index contributed by atoms with van der Waals surface area (Å²) in [5.41, 5.74) is 0. The topological polar surface area (TPSA) is 68.2 Å². The summed E-state index contributed by atoms with van der Waals surface area (Å²) in [5.74, 6) is -0.741. The maximum absolute atomic E-state index is 9.84. The van der Waals surface area contributed by atoms with Crippen LogP contribution in [0.4, 0.5) is 0 Å². The quantitative estimate of drug-likeness (QED) is 0.426. The molecule has 2 aliphatic rings. The number of hydrogen-bond acceptors (Lipinski definition) is 5. The van der Waals surface area contributed by atoms with E-state index in [0.717, 1.165) is 0 Å². The van der Waals surface area contributed by atoms with E-state index in [0.29, 0.717) is 6.61 Å². The number of aliphatic hydroxyl groups excluding tert-OH is 2. The molecule has 0 amide bonds. The summed E-state index contributed by atoms with van der Waals surface area (Å²) >= 11 is 2.67. The number of ether oxygens (including phenoxy) is 3. The Morgan fingerprint density at radius 2 is 1.88 bits per heavy atom. The second-order valence-electron chi connectivity index (χ2n) is 4.32. The van der Waals surface area contributed by atoms with E-state index in [-0.39, 0.29) is 28.5 Å². The van der Waals surface area contributed by atoms with Crippen molar-refractivity contribution in [2.45, 2.75) is 49.1 Å². The minimum absolute atomic E-state index is 0. The Morgan fingerprint density at radius 3 is 2.50 bits per heavy atom. The van der Waals surface area contributed by atoms with Gasteiger partial charge in [-0.25, -0.2) is 0 Å². The molecule has 0 aromatic heterocycles. The summed E-state index contributed by atoms with van der Waals surface area (Å²) in [5, 5.41) is 19.0. The molecule has 0 aromatic carbocycles. The molecule has 7 heteroatoms. The number of hydrogen-bond donors (Lipinski definition) is 2. The Morgan fingerprint density at radius 1 is 1.25 bits per heavy atom. The molecule has 0 aliphatic carbocycles. The van der Waals surface area contributed by atoms with E-state index < -0.39 is 29.1 Å². The van der Waals surface area contributed by atoms with Gasteiger partial charge in [-0.05, 0) is 0 Å². The molecule has 2 aliphatic heterocycles. The van der Waals surface area contributed by atoms with Crippen LogP contribution in [0, 0.1) is 0 Å². The molecule has 2 fully saturated rings. The van der Waals surface area contributed by atoms with E-state index >= 15 is 0 Å². The van der Waals surface area contributed by atoms with Crippen LogP contribution >= 0.6 is 0 Å². The van der Waals surface area contributed by atoms with Crippen LogP contribution < -0.4 is 0 Å². The van der Waals surface area contributed by atoms with E-state index in [9.17, 15) is 10.2 Å². The maximum Gasteiger partial charge on any atom is 0 e. The largest absolute Gasteiger partial charge is 0 e. The van der Waals surface area contributed by atoms with Gasteiger partial charge in [-0.3, -0.25) is 0 Å². The van der Waals surface area contributed by atoms with Crippen molar-refractivity contribution in [1.29, 1.82) is 0 Å². The zero-order valence-corrected chi connectivity index (χ0v) is 12.8. The molecule has 98 valence electrons. The first-order valence-electron chi connectivity index (χ1n) is 4.90. The van der Waals surface area contributed by atoms with Crippen LogP contribution in [-0.4, -0.2) is 68.0 Å². The summed E-state index contributed by atoms with van der Waals surface area (Å²) in [6.45, 7) is 3.90. The Kier molecular flexibility index (Phi) is 5.07. The molecule has 2 radical (unpaired) electrons. The predicted octanol–water partition coefficient (Wildman–Crippen LogP) is -1.25.